The molecule has 1 N–H and O–H groups in total. The van der Waals surface area contributed by atoms with E-state index in [0.29, 0.717) is 6.54 Å². The first-order valence-electron chi connectivity index (χ1n) is 6.96. The minimum atomic E-state index is -1.20. The second-order valence-electron chi connectivity index (χ2n) is 6.13. The Morgan fingerprint density at radius 1 is 1.38 bits per heavy atom. The number of aliphatic carboxylic acids is 1. The molecule has 1 aromatic rings. The van der Waals surface area contributed by atoms with Crippen LogP contribution in [0.3, 0.4) is 0 Å². The number of hydrogen-bond acceptors (Lipinski definition) is 3. The third-order valence-corrected chi connectivity index (χ3v) is 5.03. The zero-order valence-electron chi connectivity index (χ0n) is 11.5. The number of amides is 1. The Morgan fingerprint density at radius 3 is 2.76 bits per heavy atom. The van der Waals surface area contributed by atoms with Crippen LogP contribution in [0.15, 0.2) is 42.5 Å². The Hall–Kier alpha value is -2.14. The molecule has 0 radical (unpaired) electrons. The van der Waals surface area contributed by atoms with Gasteiger partial charge in [0.1, 0.15) is 11.0 Å². The molecule has 1 aromatic carbocycles. The molecule has 2 fully saturated rings. The van der Waals surface area contributed by atoms with Gasteiger partial charge in [0.05, 0.1) is 18.6 Å². The molecular weight excluding hydrogens is 270 g/mol. The van der Waals surface area contributed by atoms with Crippen LogP contribution in [0.4, 0.5) is 5.69 Å². The van der Waals surface area contributed by atoms with Crippen molar-refractivity contribution in [3.63, 3.8) is 0 Å². The van der Waals surface area contributed by atoms with Crippen LogP contribution in [0.2, 0.25) is 0 Å². The highest BCUT2D eigenvalue weighted by Gasteiger charge is 2.73. The first kappa shape index (κ1) is 12.6. The molecule has 3 aliphatic heterocycles. The van der Waals surface area contributed by atoms with Gasteiger partial charge in [-0.2, -0.15) is 0 Å². The minimum absolute atomic E-state index is 0.169. The number of carbonyl (C=O) groups is 2. The lowest BCUT2D eigenvalue weighted by Crippen LogP contribution is -2.47. The van der Waals surface area contributed by atoms with Crippen LogP contribution in [0.5, 0.6) is 0 Å². The van der Waals surface area contributed by atoms with Crippen molar-refractivity contribution in [2.45, 2.75) is 18.6 Å². The normalized spacial score (nSPS) is 39.9. The standard InChI is InChI=1S/C16H15NO4/c1-15(14(19)20)11-7-8-16(21-11)9-17(13(18)12(15)16)10-5-3-2-4-6-10/h2-8,11-12H,9H2,1H3,(H,19,20)/t11-,12-,15-,16-/m0/s1. The van der Waals surface area contributed by atoms with Crippen LogP contribution in [0.1, 0.15) is 6.92 Å². The van der Waals surface area contributed by atoms with Crippen molar-refractivity contribution in [1.82, 2.24) is 0 Å². The predicted octanol–water partition coefficient (Wildman–Crippen LogP) is 1.45. The van der Waals surface area contributed by atoms with E-state index in [1.54, 1.807) is 17.9 Å². The van der Waals surface area contributed by atoms with E-state index >= 15 is 0 Å². The summed E-state index contributed by atoms with van der Waals surface area (Å²) in [5.74, 6) is -1.82. The summed E-state index contributed by atoms with van der Waals surface area (Å²) in [7, 11) is 0. The Kier molecular flexibility index (Phi) is 2.24. The summed E-state index contributed by atoms with van der Waals surface area (Å²) >= 11 is 0. The molecule has 21 heavy (non-hydrogen) atoms. The zero-order valence-corrected chi connectivity index (χ0v) is 11.5. The molecule has 4 rings (SSSR count). The number of rotatable bonds is 2. The molecule has 0 unspecified atom stereocenters. The quantitative estimate of drug-likeness (QED) is 0.835. The van der Waals surface area contributed by atoms with E-state index in [2.05, 4.69) is 0 Å². The predicted molar refractivity (Wildman–Crippen MR) is 74.8 cm³/mol. The third kappa shape index (κ3) is 1.34. The van der Waals surface area contributed by atoms with Crippen LogP contribution < -0.4 is 4.90 Å². The summed E-state index contributed by atoms with van der Waals surface area (Å²) < 4.78 is 5.93. The van der Waals surface area contributed by atoms with Crippen molar-refractivity contribution in [1.29, 1.82) is 0 Å². The summed E-state index contributed by atoms with van der Waals surface area (Å²) in [4.78, 5) is 26.2. The van der Waals surface area contributed by atoms with E-state index in [9.17, 15) is 14.7 Å². The number of para-hydroxylation sites is 1. The van der Waals surface area contributed by atoms with E-state index in [-0.39, 0.29) is 5.91 Å². The van der Waals surface area contributed by atoms with Crippen LogP contribution in [-0.2, 0) is 14.3 Å². The molecule has 0 saturated carbocycles. The lowest BCUT2D eigenvalue weighted by molar-refractivity contribution is -0.154. The minimum Gasteiger partial charge on any atom is -0.481 e. The van der Waals surface area contributed by atoms with Gasteiger partial charge in [0.15, 0.2) is 0 Å². The van der Waals surface area contributed by atoms with Crippen LogP contribution in [0.25, 0.3) is 0 Å². The SMILES string of the molecule is C[C@]1(C(=O)O)[C@@H]2C=C[C@@]3(CN(c4ccccc4)C(=O)[C@@H]13)O2. The molecule has 5 nitrogen and oxygen atoms in total. The fourth-order valence-corrected chi connectivity index (χ4v) is 3.92. The van der Waals surface area contributed by atoms with Gasteiger partial charge in [-0.05, 0) is 19.1 Å². The molecule has 3 aliphatic rings. The molecule has 2 bridgehead atoms. The molecule has 3 heterocycles. The van der Waals surface area contributed by atoms with Crippen molar-refractivity contribution in [3.8, 4) is 0 Å². The molecule has 5 heteroatoms. The van der Waals surface area contributed by atoms with E-state index < -0.39 is 29.0 Å². The number of carboxylic acids is 1. The molecular formula is C16H15NO4. The molecule has 2 saturated heterocycles. The lowest BCUT2D eigenvalue weighted by atomic mass is 9.66. The van der Waals surface area contributed by atoms with Crippen molar-refractivity contribution in [2.75, 3.05) is 11.4 Å². The van der Waals surface area contributed by atoms with Crippen molar-refractivity contribution < 1.29 is 19.4 Å². The summed E-state index contributed by atoms with van der Waals surface area (Å²) in [5.41, 5.74) is -1.22. The second-order valence-corrected chi connectivity index (χ2v) is 6.13. The van der Waals surface area contributed by atoms with Gasteiger partial charge >= 0.3 is 5.97 Å². The maximum atomic E-state index is 12.8. The summed E-state index contributed by atoms with van der Waals surface area (Å²) in [6, 6.07) is 9.30. The van der Waals surface area contributed by atoms with Gasteiger partial charge in [-0.3, -0.25) is 9.59 Å². The molecule has 1 amide bonds. The maximum absolute atomic E-state index is 12.8. The second kappa shape index (κ2) is 3.74. The van der Waals surface area contributed by atoms with Crippen LogP contribution in [-0.4, -0.2) is 35.2 Å². The number of ether oxygens (including phenoxy) is 1. The summed E-state index contributed by atoms with van der Waals surface area (Å²) in [6.45, 7) is 1.98. The average Bonchev–Trinajstić information content (AvgIpc) is 3.09. The first-order valence-corrected chi connectivity index (χ1v) is 6.96. The molecule has 108 valence electrons. The molecule has 0 aliphatic carbocycles. The van der Waals surface area contributed by atoms with Crippen LogP contribution in [0, 0.1) is 11.3 Å². The Bertz CT molecular complexity index is 670. The Balaban J connectivity index is 1.81. The number of anilines is 1. The Morgan fingerprint density at radius 2 is 2.10 bits per heavy atom. The summed E-state index contributed by atoms with van der Waals surface area (Å²) in [6.07, 6.45) is 3.13. The van der Waals surface area contributed by atoms with Gasteiger partial charge in [-0.15, -0.1) is 0 Å². The fourth-order valence-electron chi connectivity index (χ4n) is 3.92. The van der Waals surface area contributed by atoms with Crippen molar-refractivity contribution in [2.24, 2.45) is 11.3 Å². The fraction of sp³-hybridized carbons (Fsp3) is 0.375. The first-order chi connectivity index (χ1) is 9.99. The van der Waals surface area contributed by atoms with Crippen LogP contribution >= 0.6 is 0 Å². The van der Waals surface area contributed by atoms with Crippen molar-refractivity contribution >= 4 is 17.6 Å². The number of hydrogen-bond donors (Lipinski definition) is 1. The average molecular weight is 285 g/mol. The van der Waals surface area contributed by atoms with Gasteiger partial charge in [-0.25, -0.2) is 0 Å². The largest absolute Gasteiger partial charge is 0.481 e. The lowest BCUT2D eigenvalue weighted by Gasteiger charge is -2.30. The van der Waals surface area contributed by atoms with Gasteiger partial charge in [0.2, 0.25) is 5.91 Å². The smallest absolute Gasteiger partial charge is 0.313 e. The van der Waals surface area contributed by atoms with Crippen molar-refractivity contribution in [3.05, 3.63) is 42.5 Å². The highest BCUT2D eigenvalue weighted by Crippen LogP contribution is 2.58. The van der Waals surface area contributed by atoms with Gasteiger partial charge < -0.3 is 14.7 Å². The van der Waals surface area contributed by atoms with Gasteiger partial charge in [0.25, 0.3) is 0 Å². The highest BCUT2D eigenvalue weighted by atomic mass is 16.5. The van der Waals surface area contributed by atoms with Gasteiger partial charge in [0, 0.05) is 5.69 Å². The maximum Gasteiger partial charge on any atom is 0.313 e. The molecule has 4 atom stereocenters. The summed E-state index contributed by atoms with van der Waals surface area (Å²) in [5, 5.41) is 9.63. The number of carboxylic acid groups (broad SMARTS) is 1. The molecule has 1 spiro atoms. The Labute approximate surface area is 121 Å². The van der Waals surface area contributed by atoms with E-state index in [4.69, 9.17) is 4.74 Å². The van der Waals surface area contributed by atoms with Gasteiger partial charge in [-0.1, -0.05) is 30.4 Å². The molecule has 0 aromatic heterocycles. The zero-order chi connectivity index (χ0) is 14.8. The topological polar surface area (TPSA) is 66.8 Å². The number of nitrogens with zero attached hydrogens (tertiary/aromatic N) is 1. The number of benzene rings is 1. The number of fused-ring (bicyclic) bond motifs is 1. The number of carbonyl (C=O) groups excluding carboxylic acids is 1. The van der Waals surface area contributed by atoms with E-state index in [0.717, 1.165) is 5.69 Å². The monoisotopic (exact) mass is 285 g/mol. The van der Waals surface area contributed by atoms with E-state index in [1.807, 2.05) is 36.4 Å². The highest BCUT2D eigenvalue weighted by molar-refractivity contribution is 6.03. The van der Waals surface area contributed by atoms with E-state index in [1.165, 1.54) is 0 Å². The third-order valence-electron chi connectivity index (χ3n) is 5.03.